The van der Waals surface area contributed by atoms with Gasteiger partial charge in [0.05, 0.1) is 7.11 Å². The second-order valence-electron chi connectivity index (χ2n) is 3.86. The lowest BCUT2D eigenvalue weighted by Crippen LogP contribution is -2.16. The van der Waals surface area contributed by atoms with Gasteiger partial charge in [0.15, 0.2) is 0 Å². The molecular weight excluding hydrogens is 228 g/mol. The summed E-state index contributed by atoms with van der Waals surface area (Å²) in [5.41, 5.74) is 7.41. The van der Waals surface area contributed by atoms with Crippen LogP contribution in [0.25, 0.3) is 0 Å². The number of hydrogen-bond acceptors (Lipinski definition) is 3. The van der Waals surface area contributed by atoms with E-state index in [1.165, 1.54) is 0 Å². The number of primary amides is 1. The Morgan fingerprint density at radius 1 is 1.22 bits per heavy atom. The molecule has 0 spiro atoms. The van der Waals surface area contributed by atoms with Gasteiger partial charge in [-0.15, -0.1) is 0 Å². The van der Waals surface area contributed by atoms with Gasteiger partial charge in [-0.25, -0.2) is 0 Å². The molecule has 4 heteroatoms. The highest BCUT2D eigenvalue weighted by Crippen LogP contribution is 2.21. The molecule has 0 saturated heterocycles. The smallest absolute Gasteiger partial charge is 0.267 e. The molecule has 2 N–H and O–H groups in total. The first kappa shape index (κ1) is 12.1. The molecule has 4 nitrogen and oxygen atoms in total. The van der Waals surface area contributed by atoms with E-state index in [-0.39, 0.29) is 0 Å². The van der Waals surface area contributed by atoms with Gasteiger partial charge in [-0.3, -0.25) is 9.78 Å². The van der Waals surface area contributed by atoms with E-state index in [1.807, 2.05) is 30.3 Å². The number of hydrogen-bond donors (Lipinski definition) is 1. The Balaban J connectivity index is 2.37. The number of ether oxygens (including phenoxy) is 1. The molecule has 2 aromatic rings. The third-order valence-corrected chi connectivity index (χ3v) is 2.70. The fourth-order valence-corrected chi connectivity index (χ4v) is 1.86. The van der Waals surface area contributed by atoms with Crippen molar-refractivity contribution in [2.45, 2.75) is 6.42 Å². The average Bonchev–Trinajstić information content (AvgIpc) is 2.40. The number of carbonyl (C=O) groups is 1. The van der Waals surface area contributed by atoms with Gasteiger partial charge in [0.2, 0.25) is 0 Å². The van der Waals surface area contributed by atoms with Crippen LogP contribution in [-0.2, 0) is 6.42 Å². The SMILES string of the molecule is COc1ccccc1Cc1cccnc1C(N)=O. The summed E-state index contributed by atoms with van der Waals surface area (Å²) in [5, 5.41) is 0. The summed E-state index contributed by atoms with van der Waals surface area (Å²) < 4.78 is 5.28. The van der Waals surface area contributed by atoms with Crippen LogP contribution in [0.15, 0.2) is 42.6 Å². The number of nitrogens with two attached hydrogens (primary N) is 1. The molecule has 0 bridgehead atoms. The van der Waals surface area contributed by atoms with Crippen molar-refractivity contribution < 1.29 is 9.53 Å². The number of carbonyl (C=O) groups excluding carboxylic acids is 1. The largest absolute Gasteiger partial charge is 0.496 e. The molecule has 0 aliphatic rings. The summed E-state index contributed by atoms with van der Waals surface area (Å²) in [6.45, 7) is 0. The van der Waals surface area contributed by atoms with Crippen LogP contribution in [0.4, 0.5) is 0 Å². The summed E-state index contributed by atoms with van der Waals surface area (Å²) >= 11 is 0. The first-order valence-corrected chi connectivity index (χ1v) is 5.58. The molecule has 18 heavy (non-hydrogen) atoms. The van der Waals surface area contributed by atoms with E-state index in [2.05, 4.69) is 4.98 Å². The number of amides is 1. The first-order valence-electron chi connectivity index (χ1n) is 5.58. The van der Waals surface area contributed by atoms with Gasteiger partial charge >= 0.3 is 0 Å². The van der Waals surface area contributed by atoms with Gasteiger partial charge in [-0.1, -0.05) is 24.3 Å². The fraction of sp³-hybridized carbons (Fsp3) is 0.143. The second-order valence-corrected chi connectivity index (χ2v) is 3.86. The highest BCUT2D eigenvalue weighted by molar-refractivity contribution is 5.92. The number of pyridine rings is 1. The molecule has 0 atom stereocenters. The molecule has 0 fully saturated rings. The zero-order valence-electron chi connectivity index (χ0n) is 10.1. The molecule has 2 rings (SSSR count). The van der Waals surface area contributed by atoms with Crippen LogP contribution >= 0.6 is 0 Å². The number of para-hydroxylation sites is 1. The van der Waals surface area contributed by atoms with E-state index < -0.39 is 5.91 Å². The van der Waals surface area contributed by atoms with Gasteiger partial charge in [0, 0.05) is 12.6 Å². The maximum atomic E-state index is 11.3. The topological polar surface area (TPSA) is 65.2 Å². The Morgan fingerprint density at radius 2 is 1.94 bits per heavy atom. The quantitative estimate of drug-likeness (QED) is 0.888. The molecule has 0 aliphatic heterocycles. The van der Waals surface area contributed by atoms with Crippen molar-refractivity contribution in [1.82, 2.24) is 4.98 Å². The maximum Gasteiger partial charge on any atom is 0.267 e. The minimum atomic E-state index is -0.513. The van der Waals surface area contributed by atoms with Crippen molar-refractivity contribution in [1.29, 1.82) is 0 Å². The zero-order valence-corrected chi connectivity index (χ0v) is 10.1. The van der Waals surface area contributed by atoms with Crippen LogP contribution in [0.1, 0.15) is 21.6 Å². The third-order valence-electron chi connectivity index (χ3n) is 2.70. The monoisotopic (exact) mass is 242 g/mol. The maximum absolute atomic E-state index is 11.3. The van der Waals surface area contributed by atoms with E-state index in [9.17, 15) is 4.79 Å². The summed E-state index contributed by atoms with van der Waals surface area (Å²) in [6.07, 6.45) is 2.13. The van der Waals surface area contributed by atoms with Gasteiger partial charge in [0.25, 0.3) is 5.91 Å². The summed E-state index contributed by atoms with van der Waals surface area (Å²) in [4.78, 5) is 15.3. The molecule has 0 saturated carbocycles. The van der Waals surface area contributed by atoms with Crippen molar-refractivity contribution >= 4 is 5.91 Å². The minimum absolute atomic E-state index is 0.309. The Kier molecular flexibility index (Phi) is 3.57. The molecule has 0 unspecified atom stereocenters. The van der Waals surface area contributed by atoms with Crippen LogP contribution in [0, 0.1) is 0 Å². The first-order chi connectivity index (χ1) is 8.72. The molecule has 1 aromatic heterocycles. The standard InChI is InChI=1S/C14H14N2O2/c1-18-12-7-3-2-5-10(12)9-11-6-4-8-16-13(11)14(15)17/h2-8H,9H2,1H3,(H2,15,17). The second kappa shape index (κ2) is 5.31. The number of nitrogens with zero attached hydrogens (tertiary/aromatic N) is 1. The van der Waals surface area contributed by atoms with Crippen LogP contribution < -0.4 is 10.5 Å². The highest BCUT2D eigenvalue weighted by atomic mass is 16.5. The van der Waals surface area contributed by atoms with Crippen LogP contribution in [0.5, 0.6) is 5.75 Å². The van der Waals surface area contributed by atoms with Crippen molar-refractivity contribution in [3.63, 3.8) is 0 Å². The third kappa shape index (κ3) is 2.48. The molecule has 92 valence electrons. The van der Waals surface area contributed by atoms with Gasteiger partial charge in [-0.05, 0) is 23.3 Å². The van der Waals surface area contributed by atoms with Crippen LogP contribution in [0.3, 0.4) is 0 Å². The molecule has 1 aromatic carbocycles. The van der Waals surface area contributed by atoms with Gasteiger partial charge < -0.3 is 10.5 Å². The fourth-order valence-electron chi connectivity index (χ4n) is 1.86. The molecule has 0 radical (unpaired) electrons. The van der Waals surface area contributed by atoms with Gasteiger partial charge in [0.1, 0.15) is 11.4 Å². The van der Waals surface area contributed by atoms with Crippen molar-refractivity contribution in [3.05, 3.63) is 59.4 Å². The summed E-state index contributed by atoms with van der Waals surface area (Å²) in [5.74, 6) is 0.275. The zero-order chi connectivity index (χ0) is 13.0. The van der Waals surface area contributed by atoms with Gasteiger partial charge in [-0.2, -0.15) is 0 Å². The van der Waals surface area contributed by atoms with E-state index in [0.29, 0.717) is 12.1 Å². The molecular formula is C14H14N2O2. The van der Waals surface area contributed by atoms with Crippen molar-refractivity contribution in [2.75, 3.05) is 7.11 Å². The van der Waals surface area contributed by atoms with Crippen LogP contribution in [-0.4, -0.2) is 18.0 Å². The molecule has 0 aliphatic carbocycles. The van der Waals surface area contributed by atoms with Crippen LogP contribution in [0.2, 0.25) is 0 Å². The lowest BCUT2D eigenvalue weighted by molar-refractivity contribution is 0.0994. The predicted octanol–water partition coefficient (Wildman–Crippen LogP) is 1.78. The van der Waals surface area contributed by atoms with E-state index in [1.54, 1.807) is 19.4 Å². The lowest BCUT2D eigenvalue weighted by Gasteiger charge is -2.09. The number of aromatic nitrogens is 1. The molecule has 1 amide bonds. The lowest BCUT2D eigenvalue weighted by atomic mass is 10.0. The Labute approximate surface area is 105 Å². The Morgan fingerprint density at radius 3 is 2.67 bits per heavy atom. The van der Waals surface area contributed by atoms with Crippen molar-refractivity contribution in [2.24, 2.45) is 5.73 Å². The number of rotatable bonds is 4. The summed E-state index contributed by atoms with van der Waals surface area (Å²) in [6, 6.07) is 11.3. The minimum Gasteiger partial charge on any atom is -0.496 e. The highest BCUT2D eigenvalue weighted by Gasteiger charge is 2.11. The average molecular weight is 242 g/mol. The molecule has 1 heterocycles. The predicted molar refractivity (Wildman–Crippen MR) is 68.6 cm³/mol. The number of methoxy groups -OCH3 is 1. The van der Waals surface area contributed by atoms with E-state index in [0.717, 1.165) is 16.9 Å². The van der Waals surface area contributed by atoms with Crippen molar-refractivity contribution in [3.8, 4) is 5.75 Å². The normalized spacial score (nSPS) is 10.1. The van der Waals surface area contributed by atoms with E-state index >= 15 is 0 Å². The Bertz CT molecular complexity index is 567. The summed E-state index contributed by atoms with van der Waals surface area (Å²) in [7, 11) is 1.62. The number of benzene rings is 1. The van der Waals surface area contributed by atoms with E-state index in [4.69, 9.17) is 10.5 Å². The Hall–Kier alpha value is -2.36.